The van der Waals surface area contributed by atoms with Gasteiger partial charge in [0.2, 0.25) is 11.7 Å². The first-order chi connectivity index (χ1) is 14.6. The minimum absolute atomic E-state index is 0.0109. The molecule has 156 valence electrons. The first-order valence-corrected chi connectivity index (χ1v) is 9.93. The first-order valence-electron chi connectivity index (χ1n) is 9.93. The van der Waals surface area contributed by atoms with Crippen molar-refractivity contribution >= 4 is 17.5 Å². The largest absolute Gasteiger partial charge is 0.467 e. The van der Waals surface area contributed by atoms with Crippen LogP contribution < -0.4 is 4.90 Å². The predicted molar refractivity (Wildman–Crippen MR) is 110 cm³/mol. The molecule has 3 heterocycles. The maximum absolute atomic E-state index is 13.1. The Morgan fingerprint density at radius 2 is 1.83 bits per heavy atom. The van der Waals surface area contributed by atoms with E-state index in [1.54, 1.807) is 29.1 Å². The maximum atomic E-state index is 13.1. The molecule has 8 heteroatoms. The van der Waals surface area contributed by atoms with E-state index in [1.165, 1.54) is 0 Å². The number of aromatic nitrogens is 1. The van der Waals surface area contributed by atoms with Gasteiger partial charge >= 0.3 is 0 Å². The van der Waals surface area contributed by atoms with Crippen molar-refractivity contribution in [2.75, 3.05) is 37.6 Å². The summed E-state index contributed by atoms with van der Waals surface area (Å²) in [5.74, 6) is 0.809. The van der Waals surface area contributed by atoms with E-state index >= 15 is 0 Å². The molecule has 2 amide bonds. The van der Waals surface area contributed by atoms with Crippen LogP contribution in [0.15, 0.2) is 63.7 Å². The molecule has 0 aliphatic carbocycles. The molecule has 0 bridgehead atoms. The second-order valence-electron chi connectivity index (χ2n) is 7.30. The number of furan rings is 1. The highest BCUT2D eigenvalue weighted by atomic mass is 16.5. The van der Waals surface area contributed by atoms with Crippen LogP contribution in [0.2, 0.25) is 0 Å². The second kappa shape index (κ2) is 8.96. The molecule has 1 aliphatic rings. The molecule has 1 aliphatic heterocycles. The number of para-hydroxylation sites is 1. The SMILES string of the molecule is Cc1cc(C(=O)N2CCN(CC(=O)N(Cc3ccco3)c3ccccc3)CC2)on1. The van der Waals surface area contributed by atoms with Gasteiger partial charge in [0.05, 0.1) is 25.0 Å². The number of hydrogen-bond acceptors (Lipinski definition) is 6. The highest BCUT2D eigenvalue weighted by molar-refractivity contribution is 5.94. The molecule has 0 radical (unpaired) electrons. The zero-order chi connectivity index (χ0) is 20.9. The number of anilines is 1. The van der Waals surface area contributed by atoms with Crippen molar-refractivity contribution in [1.82, 2.24) is 15.0 Å². The van der Waals surface area contributed by atoms with E-state index in [0.717, 1.165) is 11.4 Å². The molecule has 3 aromatic rings. The summed E-state index contributed by atoms with van der Waals surface area (Å²) in [6.07, 6.45) is 1.61. The number of hydrogen-bond donors (Lipinski definition) is 0. The highest BCUT2D eigenvalue weighted by Crippen LogP contribution is 2.18. The Bertz CT molecular complexity index is 976. The number of benzene rings is 1. The molecule has 0 spiro atoms. The van der Waals surface area contributed by atoms with Crippen molar-refractivity contribution < 1.29 is 18.5 Å². The molecule has 1 saturated heterocycles. The Labute approximate surface area is 174 Å². The number of nitrogens with zero attached hydrogens (tertiary/aromatic N) is 4. The molecule has 0 unspecified atom stereocenters. The van der Waals surface area contributed by atoms with Crippen LogP contribution >= 0.6 is 0 Å². The van der Waals surface area contributed by atoms with Gasteiger partial charge in [-0.1, -0.05) is 23.4 Å². The van der Waals surface area contributed by atoms with Crippen LogP contribution in [0, 0.1) is 6.92 Å². The second-order valence-corrected chi connectivity index (χ2v) is 7.30. The van der Waals surface area contributed by atoms with E-state index in [2.05, 4.69) is 10.1 Å². The van der Waals surface area contributed by atoms with Crippen LogP contribution in [0.3, 0.4) is 0 Å². The minimum atomic E-state index is -0.162. The van der Waals surface area contributed by atoms with E-state index < -0.39 is 0 Å². The van der Waals surface area contributed by atoms with Gasteiger partial charge < -0.3 is 18.7 Å². The van der Waals surface area contributed by atoms with Crippen LogP contribution in [0.4, 0.5) is 5.69 Å². The van der Waals surface area contributed by atoms with E-state index in [9.17, 15) is 9.59 Å². The quantitative estimate of drug-likeness (QED) is 0.623. The van der Waals surface area contributed by atoms with Gasteiger partial charge in [0.25, 0.3) is 5.91 Å². The molecule has 1 aromatic carbocycles. The van der Waals surface area contributed by atoms with Gasteiger partial charge in [-0.2, -0.15) is 0 Å². The predicted octanol–water partition coefficient (Wildman–Crippen LogP) is 2.57. The lowest BCUT2D eigenvalue weighted by molar-refractivity contribution is -0.120. The molecule has 0 atom stereocenters. The monoisotopic (exact) mass is 408 g/mol. The van der Waals surface area contributed by atoms with Crippen molar-refractivity contribution in [3.8, 4) is 0 Å². The average Bonchev–Trinajstić information content (AvgIpc) is 3.44. The number of rotatable bonds is 6. The Morgan fingerprint density at radius 3 is 2.47 bits per heavy atom. The van der Waals surface area contributed by atoms with E-state index in [0.29, 0.717) is 38.4 Å². The molecule has 0 saturated carbocycles. The maximum Gasteiger partial charge on any atom is 0.292 e. The summed E-state index contributed by atoms with van der Waals surface area (Å²) < 4.78 is 10.5. The molecule has 8 nitrogen and oxygen atoms in total. The molecule has 1 fully saturated rings. The van der Waals surface area contributed by atoms with Crippen molar-refractivity contribution in [3.63, 3.8) is 0 Å². The van der Waals surface area contributed by atoms with Gasteiger partial charge in [-0.05, 0) is 31.2 Å². The first kappa shape index (κ1) is 19.9. The van der Waals surface area contributed by atoms with Gasteiger partial charge in [-0.15, -0.1) is 0 Å². The number of carbonyl (C=O) groups excluding carboxylic acids is 2. The minimum Gasteiger partial charge on any atom is -0.467 e. The van der Waals surface area contributed by atoms with Gasteiger partial charge in [0.1, 0.15) is 5.76 Å². The molecular weight excluding hydrogens is 384 g/mol. The molecule has 30 heavy (non-hydrogen) atoms. The summed E-state index contributed by atoms with van der Waals surface area (Å²) in [4.78, 5) is 31.1. The van der Waals surface area contributed by atoms with Crippen molar-refractivity contribution in [3.05, 3.63) is 72.0 Å². The summed E-state index contributed by atoms with van der Waals surface area (Å²) in [5, 5.41) is 3.77. The van der Waals surface area contributed by atoms with Crippen molar-refractivity contribution in [1.29, 1.82) is 0 Å². The lowest BCUT2D eigenvalue weighted by atomic mass is 10.2. The van der Waals surface area contributed by atoms with Crippen LogP contribution in [-0.2, 0) is 11.3 Å². The fraction of sp³-hybridized carbons (Fsp3) is 0.318. The number of piperazine rings is 1. The summed E-state index contributed by atoms with van der Waals surface area (Å²) >= 11 is 0. The van der Waals surface area contributed by atoms with Crippen LogP contribution in [0.5, 0.6) is 0 Å². The third-order valence-electron chi connectivity index (χ3n) is 5.12. The van der Waals surface area contributed by atoms with E-state index in [-0.39, 0.29) is 24.1 Å². The fourth-order valence-corrected chi connectivity index (χ4v) is 3.50. The Hall–Kier alpha value is -3.39. The summed E-state index contributed by atoms with van der Waals surface area (Å²) in [6.45, 7) is 4.75. The summed E-state index contributed by atoms with van der Waals surface area (Å²) in [6, 6.07) is 14.9. The van der Waals surface area contributed by atoms with Gasteiger partial charge in [0, 0.05) is 37.9 Å². The van der Waals surface area contributed by atoms with E-state index in [4.69, 9.17) is 8.94 Å². The van der Waals surface area contributed by atoms with Crippen LogP contribution in [0.1, 0.15) is 22.0 Å². The van der Waals surface area contributed by atoms with Crippen LogP contribution in [-0.4, -0.2) is 59.5 Å². The van der Waals surface area contributed by atoms with Gasteiger partial charge in [-0.25, -0.2) is 0 Å². The van der Waals surface area contributed by atoms with Gasteiger partial charge in [-0.3, -0.25) is 14.5 Å². The highest BCUT2D eigenvalue weighted by Gasteiger charge is 2.27. The van der Waals surface area contributed by atoms with Gasteiger partial charge in [0.15, 0.2) is 0 Å². The molecule has 0 N–H and O–H groups in total. The lowest BCUT2D eigenvalue weighted by Crippen LogP contribution is -2.51. The van der Waals surface area contributed by atoms with Crippen molar-refractivity contribution in [2.24, 2.45) is 0 Å². The van der Waals surface area contributed by atoms with Crippen molar-refractivity contribution in [2.45, 2.75) is 13.5 Å². The molecule has 4 rings (SSSR count). The standard InChI is InChI=1S/C22H24N4O4/c1-17-14-20(30-23-17)22(28)25-11-9-24(10-12-25)16-21(27)26(15-19-8-5-13-29-19)18-6-3-2-4-7-18/h2-8,13-14H,9-12,15-16H2,1H3. The summed E-state index contributed by atoms with van der Waals surface area (Å²) in [7, 11) is 0. The fourth-order valence-electron chi connectivity index (χ4n) is 3.50. The average molecular weight is 408 g/mol. The Balaban J connectivity index is 1.37. The number of aryl methyl sites for hydroxylation is 1. The Kier molecular flexibility index (Phi) is 5.94. The zero-order valence-electron chi connectivity index (χ0n) is 16.9. The molecule has 2 aromatic heterocycles. The third kappa shape index (κ3) is 4.60. The number of carbonyl (C=O) groups is 2. The molecular formula is C22H24N4O4. The third-order valence-corrected chi connectivity index (χ3v) is 5.12. The smallest absolute Gasteiger partial charge is 0.292 e. The van der Waals surface area contributed by atoms with Crippen LogP contribution in [0.25, 0.3) is 0 Å². The lowest BCUT2D eigenvalue weighted by Gasteiger charge is -2.34. The Morgan fingerprint density at radius 1 is 1.07 bits per heavy atom. The number of amides is 2. The summed E-state index contributed by atoms with van der Waals surface area (Å²) in [5.41, 5.74) is 1.51. The topological polar surface area (TPSA) is 83.0 Å². The zero-order valence-corrected chi connectivity index (χ0v) is 16.9. The van der Waals surface area contributed by atoms with E-state index in [1.807, 2.05) is 42.5 Å². The normalized spacial score (nSPS) is 14.6.